The molecule has 1 heterocycles. The lowest BCUT2D eigenvalue weighted by molar-refractivity contribution is -0.139. The number of fused-ring (bicyclic) bond motifs is 1. The topological polar surface area (TPSA) is 115 Å². The summed E-state index contributed by atoms with van der Waals surface area (Å²) in [5.41, 5.74) is 0.997. The van der Waals surface area contributed by atoms with Gasteiger partial charge >= 0.3 is 0 Å². The normalized spacial score (nSPS) is 14.1. The Balaban J connectivity index is 2.13. The minimum Gasteiger partial charge on any atom is -0.361 e. The Bertz CT molecular complexity index is 1160. The van der Waals surface area contributed by atoms with Crippen molar-refractivity contribution >= 4 is 32.7 Å². The molecule has 0 saturated carbocycles. The molecule has 0 saturated heterocycles. The van der Waals surface area contributed by atoms with Crippen LogP contribution in [0, 0.1) is 11.2 Å². The minimum absolute atomic E-state index is 0.118. The molecule has 36 heavy (non-hydrogen) atoms. The van der Waals surface area contributed by atoms with Crippen LogP contribution in [-0.4, -0.2) is 86.0 Å². The van der Waals surface area contributed by atoms with Crippen molar-refractivity contribution in [2.24, 2.45) is 5.41 Å². The van der Waals surface area contributed by atoms with E-state index >= 15 is 0 Å². The second-order valence-electron chi connectivity index (χ2n) is 10.2. The molecule has 1 aromatic heterocycles. The number of hydrogen-bond donors (Lipinski definition) is 3. The zero-order chi connectivity index (χ0) is 27.3. The Morgan fingerprint density at radius 2 is 1.83 bits per heavy atom. The van der Waals surface area contributed by atoms with Crippen LogP contribution in [0.2, 0.25) is 0 Å². The van der Waals surface area contributed by atoms with E-state index in [0.29, 0.717) is 18.5 Å². The van der Waals surface area contributed by atoms with Crippen LogP contribution in [0.25, 0.3) is 10.9 Å². The van der Waals surface area contributed by atoms with Gasteiger partial charge in [0.2, 0.25) is 21.8 Å². The van der Waals surface area contributed by atoms with Crippen LogP contribution in [-0.2, 0) is 26.0 Å². The van der Waals surface area contributed by atoms with Gasteiger partial charge in [-0.1, -0.05) is 20.8 Å². The maximum absolute atomic E-state index is 13.5. The first-order valence-electron chi connectivity index (χ1n) is 12.2. The highest BCUT2D eigenvalue weighted by Gasteiger charge is 2.36. The number of hydrogen-bond acceptors (Lipinski definition) is 5. The summed E-state index contributed by atoms with van der Waals surface area (Å²) in [7, 11) is -1.87. The summed E-state index contributed by atoms with van der Waals surface area (Å²) in [6, 6.07) is 3.23. The number of likely N-dealkylation sites (N-methyl/N-ethyl adjacent to an activating group) is 2. The van der Waals surface area contributed by atoms with Crippen molar-refractivity contribution in [2.75, 3.05) is 39.5 Å². The highest BCUT2D eigenvalue weighted by Crippen LogP contribution is 2.22. The fourth-order valence-corrected chi connectivity index (χ4v) is 4.78. The number of rotatable bonds is 12. The van der Waals surface area contributed by atoms with Crippen LogP contribution < -0.4 is 10.6 Å². The quantitative estimate of drug-likeness (QED) is 0.393. The molecule has 3 N–H and O–H groups in total. The Labute approximate surface area is 213 Å². The second-order valence-corrected chi connectivity index (χ2v) is 12.1. The molecule has 2 aromatic rings. The van der Waals surface area contributed by atoms with E-state index < -0.39 is 27.5 Å². The van der Waals surface area contributed by atoms with Gasteiger partial charge in [-0.2, -0.15) is 0 Å². The van der Waals surface area contributed by atoms with Crippen LogP contribution in [0.3, 0.4) is 0 Å². The first kappa shape index (κ1) is 29.7. The summed E-state index contributed by atoms with van der Waals surface area (Å²) in [6.07, 6.45) is 3.34. The molecule has 0 aliphatic rings. The molecule has 0 aliphatic carbocycles. The maximum Gasteiger partial charge on any atom is 0.245 e. The van der Waals surface area contributed by atoms with Gasteiger partial charge in [-0.25, -0.2) is 17.1 Å². The standard InChI is InChI=1S/C25H40FN5O4S/c1-8-30(24(33)22(25(3,4)5)29-23(32)17(2)27-6)13-14-31(36(7,34)35)12-11-18-16-28-21-15-19(26)9-10-20(18)21/h9-10,15-17,22,27-28H,8,11-14H2,1-7H3,(H,29,32). The zero-order valence-electron chi connectivity index (χ0n) is 22.3. The fourth-order valence-electron chi connectivity index (χ4n) is 3.94. The van der Waals surface area contributed by atoms with Gasteiger partial charge in [0.05, 0.1) is 12.3 Å². The SMILES string of the molecule is CCN(CCN(CCc1c[nH]c2cc(F)ccc12)S(C)(=O)=O)C(=O)C(NC(=O)C(C)NC)C(C)(C)C. The van der Waals surface area contributed by atoms with Crippen LogP contribution in [0.5, 0.6) is 0 Å². The van der Waals surface area contributed by atoms with Gasteiger partial charge in [-0.3, -0.25) is 9.59 Å². The summed E-state index contributed by atoms with van der Waals surface area (Å²) in [5, 5.41) is 6.56. The van der Waals surface area contributed by atoms with Gasteiger partial charge in [0, 0.05) is 43.3 Å². The summed E-state index contributed by atoms with van der Waals surface area (Å²) in [4.78, 5) is 30.5. The number of amides is 2. The lowest BCUT2D eigenvalue weighted by Gasteiger charge is -2.35. The van der Waals surface area contributed by atoms with E-state index in [1.165, 1.54) is 16.4 Å². The number of aromatic amines is 1. The van der Waals surface area contributed by atoms with Crippen molar-refractivity contribution in [2.45, 2.75) is 53.1 Å². The largest absolute Gasteiger partial charge is 0.361 e. The Morgan fingerprint density at radius 3 is 2.39 bits per heavy atom. The van der Waals surface area contributed by atoms with E-state index in [2.05, 4.69) is 15.6 Å². The number of carbonyl (C=O) groups excluding carboxylic acids is 2. The van der Waals surface area contributed by atoms with Crippen LogP contribution in [0.1, 0.15) is 40.2 Å². The number of H-pyrrole nitrogens is 1. The zero-order valence-corrected chi connectivity index (χ0v) is 23.1. The number of carbonyl (C=O) groups is 2. The second kappa shape index (κ2) is 12.2. The summed E-state index contributed by atoms with van der Waals surface area (Å²) in [6.45, 7) is 10.1. The molecule has 2 amide bonds. The molecule has 0 fully saturated rings. The molecule has 11 heteroatoms. The number of sulfonamides is 1. The van der Waals surface area contributed by atoms with Crippen molar-refractivity contribution in [3.63, 3.8) is 0 Å². The Hall–Kier alpha value is -2.50. The van der Waals surface area contributed by atoms with E-state index in [1.807, 2.05) is 27.7 Å². The highest BCUT2D eigenvalue weighted by atomic mass is 32.2. The summed E-state index contributed by atoms with van der Waals surface area (Å²) in [5.74, 6) is -0.880. The van der Waals surface area contributed by atoms with E-state index in [4.69, 9.17) is 0 Å². The number of nitrogens with zero attached hydrogens (tertiary/aromatic N) is 2. The number of aromatic nitrogens is 1. The Morgan fingerprint density at radius 1 is 1.17 bits per heavy atom. The third kappa shape index (κ3) is 7.75. The van der Waals surface area contributed by atoms with Crippen molar-refractivity contribution in [1.29, 1.82) is 0 Å². The first-order valence-corrected chi connectivity index (χ1v) is 14.0. The molecule has 9 nitrogen and oxygen atoms in total. The minimum atomic E-state index is -3.54. The molecule has 2 unspecified atom stereocenters. The molecule has 0 bridgehead atoms. The monoisotopic (exact) mass is 525 g/mol. The van der Waals surface area contributed by atoms with Crippen LogP contribution >= 0.6 is 0 Å². The van der Waals surface area contributed by atoms with Crippen molar-refractivity contribution < 1.29 is 22.4 Å². The molecular weight excluding hydrogens is 485 g/mol. The number of nitrogens with one attached hydrogen (secondary N) is 3. The van der Waals surface area contributed by atoms with E-state index in [1.54, 1.807) is 31.1 Å². The summed E-state index contributed by atoms with van der Waals surface area (Å²) >= 11 is 0. The smallest absolute Gasteiger partial charge is 0.245 e. The average Bonchev–Trinajstić information content (AvgIpc) is 3.18. The molecule has 202 valence electrons. The predicted molar refractivity (Wildman–Crippen MR) is 141 cm³/mol. The third-order valence-corrected chi connectivity index (χ3v) is 7.67. The lowest BCUT2D eigenvalue weighted by Crippen LogP contribution is -2.58. The third-order valence-electron chi connectivity index (χ3n) is 6.37. The van der Waals surface area contributed by atoms with Crippen molar-refractivity contribution in [3.05, 3.63) is 35.8 Å². The molecule has 0 radical (unpaired) electrons. The number of benzene rings is 1. The van der Waals surface area contributed by atoms with Crippen molar-refractivity contribution in [3.8, 4) is 0 Å². The lowest BCUT2D eigenvalue weighted by atomic mass is 9.85. The number of halogens is 1. The first-order chi connectivity index (χ1) is 16.7. The van der Waals surface area contributed by atoms with Gasteiger partial charge in [-0.15, -0.1) is 0 Å². The molecule has 0 spiro atoms. The van der Waals surface area contributed by atoms with Crippen LogP contribution in [0.15, 0.2) is 24.4 Å². The van der Waals surface area contributed by atoms with Gasteiger partial charge < -0.3 is 20.5 Å². The van der Waals surface area contributed by atoms with Gasteiger partial charge in [0.15, 0.2) is 0 Å². The maximum atomic E-state index is 13.5. The molecule has 1 aromatic carbocycles. The van der Waals surface area contributed by atoms with E-state index in [0.717, 1.165) is 17.2 Å². The predicted octanol–water partition coefficient (Wildman–Crippen LogP) is 2.10. The van der Waals surface area contributed by atoms with E-state index in [9.17, 15) is 22.4 Å². The Kier molecular flexibility index (Phi) is 10.0. The van der Waals surface area contributed by atoms with Crippen LogP contribution in [0.4, 0.5) is 4.39 Å². The summed E-state index contributed by atoms with van der Waals surface area (Å²) < 4.78 is 39.9. The molecule has 0 aliphatic heterocycles. The van der Waals surface area contributed by atoms with Crippen molar-refractivity contribution in [1.82, 2.24) is 24.8 Å². The molecular formula is C25H40FN5O4S. The van der Waals surface area contributed by atoms with E-state index in [-0.39, 0.29) is 37.3 Å². The highest BCUT2D eigenvalue weighted by molar-refractivity contribution is 7.88. The molecule has 2 atom stereocenters. The average molecular weight is 526 g/mol. The van der Waals surface area contributed by atoms with Gasteiger partial charge in [0.1, 0.15) is 11.9 Å². The van der Waals surface area contributed by atoms with Gasteiger partial charge in [0.25, 0.3) is 0 Å². The fraction of sp³-hybridized carbons (Fsp3) is 0.600. The molecule has 2 rings (SSSR count). The van der Waals surface area contributed by atoms with Gasteiger partial charge in [-0.05, 0) is 56.5 Å².